The van der Waals surface area contributed by atoms with Gasteiger partial charge < -0.3 is 10.2 Å². The molecule has 1 aromatic rings. The maximum Gasteiger partial charge on any atom is 0.129 e. The zero-order valence-electron chi connectivity index (χ0n) is 14.5. The fourth-order valence-corrected chi connectivity index (χ4v) is 2.16. The van der Waals surface area contributed by atoms with Crippen LogP contribution in [0.5, 0.6) is 0 Å². The van der Waals surface area contributed by atoms with Crippen LogP contribution in [0.15, 0.2) is 24.3 Å². The highest BCUT2D eigenvalue weighted by Gasteiger charge is 2.11. The Morgan fingerprint density at radius 3 is 2.43 bits per heavy atom. The van der Waals surface area contributed by atoms with Crippen LogP contribution in [0, 0.1) is 0 Å². The summed E-state index contributed by atoms with van der Waals surface area (Å²) in [5, 5.41) is 3.49. The first-order valence-corrected chi connectivity index (χ1v) is 7.97. The van der Waals surface area contributed by atoms with Crippen LogP contribution in [-0.2, 0) is 6.54 Å². The van der Waals surface area contributed by atoms with Gasteiger partial charge in [-0.15, -0.1) is 0 Å². The third-order valence-electron chi connectivity index (χ3n) is 3.36. The summed E-state index contributed by atoms with van der Waals surface area (Å²) in [6.45, 7) is 19.7. The molecule has 3 heteroatoms. The molecule has 0 spiro atoms. The lowest BCUT2D eigenvalue weighted by atomic mass is 10.1. The van der Waals surface area contributed by atoms with E-state index in [0.717, 1.165) is 36.7 Å². The molecular formula is C18H31N3. The lowest BCUT2D eigenvalue weighted by Gasteiger charge is -2.24. The number of likely N-dealkylation sites (N-methyl/N-ethyl adjacent to an activating group) is 1. The van der Waals surface area contributed by atoms with Crippen molar-refractivity contribution in [1.82, 2.24) is 10.3 Å². The Balaban J connectivity index is 3.08. The van der Waals surface area contributed by atoms with Crippen molar-refractivity contribution in [3.05, 3.63) is 35.5 Å². The van der Waals surface area contributed by atoms with Crippen molar-refractivity contribution in [2.24, 2.45) is 0 Å². The Morgan fingerprint density at radius 1 is 1.29 bits per heavy atom. The van der Waals surface area contributed by atoms with Gasteiger partial charge in [-0.05, 0) is 37.5 Å². The molecule has 0 unspecified atom stereocenters. The normalized spacial score (nSPS) is 11.2. The molecule has 0 aliphatic carbocycles. The number of rotatable bonds is 8. The van der Waals surface area contributed by atoms with Crippen molar-refractivity contribution in [2.45, 2.75) is 60.0 Å². The average molecular weight is 289 g/mol. The van der Waals surface area contributed by atoms with E-state index in [9.17, 15) is 0 Å². The summed E-state index contributed by atoms with van der Waals surface area (Å²) in [5.41, 5.74) is 3.63. The summed E-state index contributed by atoms with van der Waals surface area (Å²) in [4.78, 5) is 7.13. The van der Waals surface area contributed by atoms with Gasteiger partial charge in [-0.25, -0.2) is 4.98 Å². The van der Waals surface area contributed by atoms with Gasteiger partial charge in [0.15, 0.2) is 0 Å². The first-order chi connectivity index (χ1) is 9.83. The molecule has 0 saturated heterocycles. The number of nitrogens with one attached hydrogen (secondary N) is 1. The molecule has 0 saturated carbocycles. The largest absolute Gasteiger partial charge is 0.353 e. The summed E-state index contributed by atoms with van der Waals surface area (Å²) in [5.74, 6) is 1.50. The second-order valence-corrected chi connectivity index (χ2v) is 6.42. The fraction of sp³-hybridized carbons (Fsp3) is 0.611. The number of hydrogen-bond donors (Lipinski definition) is 1. The molecule has 1 N–H and O–H groups in total. The second-order valence-electron chi connectivity index (χ2n) is 6.42. The van der Waals surface area contributed by atoms with Crippen molar-refractivity contribution in [3.63, 3.8) is 0 Å². The number of nitrogens with zero attached hydrogens (tertiary/aromatic N) is 2. The second kappa shape index (κ2) is 8.18. The minimum atomic E-state index is 0.436. The molecule has 0 bridgehead atoms. The molecule has 0 atom stereocenters. The van der Waals surface area contributed by atoms with E-state index in [-0.39, 0.29) is 0 Å². The van der Waals surface area contributed by atoms with E-state index < -0.39 is 0 Å². The van der Waals surface area contributed by atoms with Gasteiger partial charge in [0.1, 0.15) is 5.82 Å². The average Bonchev–Trinajstić information content (AvgIpc) is 2.41. The predicted molar refractivity (Wildman–Crippen MR) is 93.0 cm³/mol. The van der Waals surface area contributed by atoms with E-state index in [2.05, 4.69) is 70.5 Å². The number of anilines is 1. The predicted octanol–water partition coefficient (Wildman–Crippen LogP) is 4.11. The Labute approximate surface area is 130 Å². The molecule has 0 aliphatic rings. The number of aromatic nitrogens is 1. The summed E-state index contributed by atoms with van der Waals surface area (Å²) in [7, 11) is 0. The Morgan fingerprint density at radius 2 is 1.95 bits per heavy atom. The maximum absolute atomic E-state index is 4.84. The molecule has 0 aromatic carbocycles. The van der Waals surface area contributed by atoms with Gasteiger partial charge in [-0.1, -0.05) is 39.8 Å². The number of hydrogen-bond acceptors (Lipinski definition) is 3. The van der Waals surface area contributed by atoms with Crippen LogP contribution in [0.2, 0.25) is 0 Å². The summed E-state index contributed by atoms with van der Waals surface area (Å²) in [6.07, 6.45) is 0. The molecule has 3 nitrogen and oxygen atoms in total. The lowest BCUT2D eigenvalue weighted by molar-refractivity contribution is 0.587. The first kappa shape index (κ1) is 17.7. The van der Waals surface area contributed by atoms with E-state index in [4.69, 9.17) is 4.98 Å². The summed E-state index contributed by atoms with van der Waals surface area (Å²) < 4.78 is 0. The van der Waals surface area contributed by atoms with Crippen LogP contribution in [-0.4, -0.2) is 24.1 Å². The lowest BCUT2D eigenvalue weighted by Crippen LogP contribution is -2.27. The van der Waals surface area contributed by atoms with E-state index in [0.29, 0.717) is 12.0 Å². The third kappa shape index (κ3) is 5.88. The molecule has 1 aromatic heterocycles. The van der Waals surface area contributed by atoms with Crippen molar-refractivity contribution in [1.29, 1.82) is 0 Å². The topological polar surface area (TPSA) is 28.2 Å². The van der Waals surface area contributed by atoms with Crippen molar-refractivity contribution >= 4 is 5.82 Å². The minimum absolute atomic E-state index is 0.436. The Hall–Kier alpha value is -1.35. The van der Waals surface area contributed by atoms with Crippen LogP contribution >= 0.6 is 0 Å². The highest BCUT2D eigenvalue weighted by molar-refractivity contribution is 5.44. The standard InChI is InChI=1S/C18H31N3/c1-8-21(12-13(2)3)18-10-16(11-19-15(6)7)9-17(20-18)14(4)5/h9-10,14-15,19H,2,8,11-12H2,1,3-7H3. The van der Waals surface area contributed by atoms with Gasteiger partial charge in [-0.3, -0.25) is 0 Å². The SMILES string of the molecule is C=C(C)CN(CC)c1cc(CNC(C)C)cc(C(C)C)n1. The van der Waals surface area contributed by atoms with E-state index in [1.807, 2.05) is 0 Å². The Bertz CT molecular complexity index is 464. The molecule has 0 aliphatic heterocycles. The van der Waals surface area contributed by atoms with Crippen molar-refractivity contribution < 1.29 is 0 Å². The third-order valence-corrected chi connectivity index (χ3v) is 3.36. The summed E-state index contributed by atoms with van der Waals surface area (Å²) >= 11 is 0. The maximum atomic E-state index is 4.84. The molecule has 21 heavy (non-hydrogen) atoms. The van der Waals surface area contributed by atoms with Gasteiger partial charge in [0.05, 0.1) is 0 Å². The monoisotopic (exact) mass is 289 g/mol. The highest BCUT2D eigenvalue weighted by atomic mass is 15.2. The molecule has 1 heterocycles. The van der Waals surface area contributed by atoms with Crippen LogP contribution in [0.3, 0.4) is 0 Å². The van der Waals surface area contributed by atoms with E-state index in [1.165, 1.54) is 5.56 Å². The molecular weight excluding hydrogens is 258 g/mol. The van der Waals surface area contributed by atoms with Crippen LogP contribution < -0.4 is 10.2 Å². The molecule has 118 valence electrons. The highest BCUT2D eigenvalue weighted by Crippen LogP contribution is 2.21. The zero-order valence-corrected chi connectivity index (χ0v) is 14.5. The van der Waals surface area contributed by atoms with Gasteiger partial charge in [0.2, 0.25) is 0 Å². The quantitative estimate of drug-likeness (QED) is 0.730. The van der Waals surface area contributed by atoms with E-state index >= 15 is 0 Å². The van der Waals surface area contributed by atoms with Gasteiger partial charge in [-0.2, -0.15) is 0 Å². The van der Waals surface area contributed by atoms with Crippen LogP contribution in [0.4, 0.5) is 5.82 Å². The van der Waals surface area contributed by atoms with Gasteiger partial charge in [0.25, 0.3) is 0 Å². The van der Waals surface area contributed by atoms with E-state index in [1.54, 1.807) is 0 Å². The Kier molecular flexibility index (Phi) is 6.90. The van der Waals surface area contributed by atoms with Crippen molar-refractivity contribution in [3.8, 4) is 0 Å². The molecule has 0 fully saturated rings. The molecule has 1 rings (SSSR count). The van der Waals surface area contributed by atoms with Crippen molar-refractivity contribution in [2.75, 3.05) is 18.0 Å². The van der Waals surface area contributed by atoms with Gasteiger partial charge in [0, 0.05) is 31.4 Å². The molecule has 0 radical (unpaired) electrons. The number of pyridine rings is 1. The summed E-state index contributed by atoms with van der Waals surface area (Å²) in [6, 6.07) is 4.91. The molecule has 0 amide bonds. The van der Waals surface area contributed by atoms with Crippen LogP contribution in [0.25, 0.3) is 0 Å². The minimum Gasteiger partial charge on any atom is -0.353 e. The van der Waals surface area contributed by atoms with Crippen LogP contribution in [0.1, 0.15) is 58.7 Å². The zero-order chi connectivity index (χ0) is 16.0. The smallest absolute Gasteiger partial charge is 0.129 e. The fourth-order valence-electron chi connectivity index (χ4n) is 2.16. The first-order valence-electron chi connectivity index (χ1n) is 7.97. The van der Waals surface area contributed by atoms with Gasteiger partial charge >= 0.3 is 0 Å².